The number of rotatable bonds is 7. The van der Waals surface area contributed by atoms with Crippen LogP contribution in [0.2, 0.25) is 0 Å². The van der Waals surface area contributed by atoms with Crippen LogP contribution in [0.25, 0.3) is 0 Å². The van der Waals surface area contributed by atoms with E-state index in [0.29, 0.717) is 40.8 Å². The molecule has 0 atom stereocenters. The van der Waals surface area contributed by atoms with Gasteiger partial charge in [-0.15, -0.1) is 0 Å². The number of methoxy groups -OCH3 is 1. The average molecular weight is 348 g/mol. The highest BCUT2D eigenvalue weighted by Gasteiger charge is 2.11. The third-order valence-corrected chi connectivity index (χ3v) is 3.87. The SMILES string of the molecule is CCc1[nH]c(=S)[nH]c(=O)c1Cc1ccc(OCC(C)C)c(OC)c1. The predicted octanol–water partition coefficient (Wildman–Crippen LogP) is 3.63. The van der Waals surface area contributed by atoms with Crippen molar-refractivity contribution in [3.8, 4) is 11.5 Å². The van der Waals surface area contributed by atoms with Crippen molar-refractivity contribution in [3.05, 3.63) is 50.1 Å². The van der Waals surface area contributed by atoms with Crippen LogP contribution in [0.1, 0.15) is 37.6 Å². The molecule has 2 rings (SSSR count). The van der Waals surface area contributed by atoms with E-state index >= 15 is 0 Å². The van der Waals surface area contributed by atoms with E-state index in [-0.39, 0.29) is 5.56 Å². The second-order valence-electron chi connectivity index (χ2n) is 6.09. The summed E-state index contributed by atoms with van der Waals surface area (Å²) in [7, 11) is 1.62. The zero-order chi connectivity index (χ0) is 17.7. The lowest BCUT2D eigenvalue weighted by Gasteiger charge is -2.14. The van der Waals surface area contributed by atoms with Gasteiger partial charge in [0.2, 0.25) is 0 Å². The molecule has 0 unspecified atom stereocenters. The molecule has 0 saturated carbocycles. The van der Waals surface area contributed by atoms with Gasteiger partial charge in [-0.25, -0.2) is 0 Å². The Bertz CT molecular complexity index is 809. The maximum atomic E-state index is 12.2. The van der Waals surface area contributed by atoms with Crippen molar-refractivity contribution in [1.82, 2.24) is 9.97 Å². The molecule has 0 amide bonds. The summed E-state index contributed by atoms with van der Waals surface area (Å²) in [4.78, 5) is 17.9. The molecular formula is C18H24N2O3S. The minimum Gasteiger partial charge on any atom is -0.493 e. The number of hydrogen-bond acceptors (Lipinski definition) is 4. The first-order chi connectivity index (χ1) is 11.4. The van der Waals surface area contributed by atoms with Gasteiger partial charge in [0.25, 0.3) is 5.56 Å². The summed E-state index contributed by atoms with van der Waals surface area (Å²) in [5, 5.41) is 0. The van der Waals surface area contributed by atoms with Gasteiger partial charge in [0.15, 0.2) is 16.3 Å². The first-order valence-electron chi connectivity index (χ1n) is 8.08. The standard InChI is InChI=1S/C18H24N2O3S/c1-5-14-13(17(21)20-18(24)19-14)8-12-6-7-15(16(9-12)22-4)23-10-11(2)3/h6-7,9,11H,5,8,10H2,1-4H3,(H2,19,20,21,24). The van der Waals surface area contributed by atoms with E-state index in [1.807, 2.05) is 25.1 Å². The molecule has 130 valence electrons. The van der Waals surface area contributed by atoms with Crippen LogP contribution in [0.5, 0.6) is 11.5 Å². The zero-order valence-corrected chi connectivity index (χ0v) is 15.4. The molecule has 0 aliphatic carbocycles. The Kier molecular flexibility index (Phi) is 6.20. The highest BCUT2D eigenvalue weighted by molar-refractivity contribution is 7.71. The van der Waals surface area contributed by atoms with Crippen LogP contribution in [0.15, 0.2) is 23.0 Å². The fourth-order valence-corrected chi connectivity index (χ4v) is 2.67. The summed E-state index contributed by atoms with van der Waals surface area (Å²) in [6.45, 7) is 6.81. The number of hydrogen-bond donors (Lipinski definition) is 2. The van der Waals surface area contributed by atoms with Crippen molar-refractivity contribution in [2.45, 2.75) is 33.6 Å². The van der Waals surface area contributed by atoms with E-state index in [4.69, 9.17) is 21.7 Å². The number of ether oxygens (including phenoxy) is 2. The molecule has 0 bridgehead atoms. The zero-order valence-electron chi connectivity index (χ0n) is 14.6. The molecule has 5 nitrogen and oxygen atoms in total. The molecule has 6 heteroatoms. The van der Waals surface area contributed by atoms with Crippen molar-refractivity contribution in [2.75, 3.05) is 13.7 Å². The average Bonchev–Trinajstić information content (AvgIpc) is 2.55. The van der Waals surface area contributed by atoms with E-state index in [0.717, 1.165) is 17.7 Å². The first kappa shape index (κ1) is 18.3. The molecular weight excluding hydrogens is 324 g/mol. The minimum absolute atomic E-state index is 0.144. The van der Waals surface area contributed by atoms with Crippen molar-refractivity contribution in [2.24, 2.45) is 5.92 Å². The topological polar surface area (TPSA) is 67.1 Å². The van der Waals surface area contributed by atoms with Crippen LogP contribution >= 0.6 is 12.2 Å². The minimum atomic E-state index is -0.144. The van der Waals surface area contributed by atoms with Gasteiger partial charge in [0, 0.05) is 17.7 Å². The van der Waals surface area contributed by atoms with Gasteiger partial charge in [-0.1, -0.05) is 26.8 Å². The molecule has 1 aromatic heterocycles. The van der Waals surface area contributed by atoms with Gasteiger partial charge < -0.3 is 14.5 Å². The van der Waals surface area contributed by atoms with Crippen molar-refractivity contribution < 1.29 is 9.47 Å². The van der Waals surface area contributed by atoms with Crippen LogP contribution in [-0.4, -0.2) is 23.7 Å². The molecule has 0 saturated heterocycles. The number of aromatic amines is 2. The maximum Gasteiger partial charge on any atom is 0.255 e. The van der Waals surface area contributed by atoms with E-state index in [2.05, 4.69) is 23.8 Å². The van der Waals surface area contributed by atoms with Crippen LogP contribution in [0.3, 0.4) is 0 Å². The van der Waals surface area contributed by atoms with Gasteiger partial charge in [-0.05, 0) is 42.3 Å². The molecule has 1 heterocycles. The number of nitrogens with one attached hydrogen (secondary N) is 2. The third kappa shape index (κ3) is 4.47. The molecule has 24 heavy (non-hydrogen) atoms. The highest BCUT2D eigenvalue weighted by Crippen LogP contribution is 2.29. The van der Waals surface area contributed by atoms with E-state index in [9.17, 15) is 4.79 Å². The van der Waals surface area contributed by atoms with E-state index in [1.165, 1.54) is 0 Å². The summed E-state index contributed by atoms with van der Waals surface area (Å²) in [6.07, 6.45) is 1.22. The summed E-state index contributed by atoms with van der Waals surface area (Å²) in [5.41, 5.74) is 2.40. The fourth-order valence-electron chi connectivity index (χ4n) is 2.45. The van der Waals surface area contributed by atoms with Crippen molar-refractivity contribution in [1.29, 1.82) is 0 Å². The lowest BCUT2D eigenvalue weighted by molar-refractivity contribution is 0.257. The van der Waals surface area contributed by atoms with Gasteiger partial charge in [-0.3, -0.25) is 9.78 Å². The third-order valence-electron chi connectivity index (χ3n) is 3.66. The van der Waals surface area contributed by atoms with Gasteiger partial charge >= 0.3 is 0 Å². The summed E-state index contributed by atoms with van der Waals surface area (Å²) >= 11 is 5.04. The van der Waals surface area contributed by atoms with Gasteiger partial charge in [0.1, 0.15) is 0 Å². The van der Waals surface area contributed by atoms with E-state index in [1.54, 1.807) is 7.11 Å². The van der Waals surface area contributed by atoms with Gasteiger partial charge in [0.05, 0.1) is 13.7 Å². The smallest absolute Gasteiger partial charge is 0.255 e. The monoisotopic (exact) mass is 348 g/mol. The Morgan fingerprint density at radius 3 is 2.58 bits per heavy atom. The molecule has 0 radical (unpaired) electrons. The predicted molar refractivity (Wildman–Crippen MR) is 97.8 cm³/mol. The largest absolute Gasteiger partial charge is 0.493 e. The molecule has 2 aromatic rings. The lowest BCUT2D eigenvalue weighted by atomic mass is 10.0. The summed E-state index contributed by atoms with van der Waals surface area (Å²) in [6, 6.07) is 5.76. The van der Waals surface area contributed by atoms with Crippen LogP contribution in [0.4, 0.5) is 0 Å². The summed E-state index contributed by atoms with van der Waals surface area (Å²) < 4.78 is 11.5. The molecule has 1 aromatic carbocycles. The Balaban J connectivity index is 2.31. The first-order valence-corrected chi connectivity index (χ1v) is 8.49. The normalized spacial score (nSPS) is 10.9. The van der Waals surface area contributed by atoms with Crippen LogP contribution in [0, 0.1) is 10.7 Å². The Morgan fingerprint density at radius 2 is 1.96 bits per heavy atom. The van der Waals surface area contributed by atoms with Crippen molar-refractivity contribution >= 4 is 12.2 Å². The molecule has 2 N–H and O–H groups in total. The van der Waals surface area contributed by atoms with Crippen molar-refractivity contribution in [3.63, 3.8) is 0 Å². The molecule has 0 aliphatic rings. The second kappa shape index (κ2) is 8.15. The van der Waals surface area contributed by atoms with E-state index < -0.39 is 0 Å². The summed E-state index contributed by atoms with van der Waals surface area (Å²) in [5.74, 6) is 1.83. The molecule has 0 fully saturated rings. The highest BCUT2D eigenvalue weighted by atomic mass is 32.1. The number of aryl methyl sites for hydroxylation is 1. The Hall–Kier alpha value is -2.08. The number of aromatic nitrogens is 2. The number of H-pyrrole nitrogens is 2. The van der Waals surface area contributed by atoms with Crippen LogP contribution < -0.4 is 15.0 Å². The molecule has 0 spiro atoms. The second-order valence-corrected chi connectivity index (χ2v) is 6.49. The number of benzene rings is 1. The Labute approximate surface area is 147 Å². The van der Waals surface area contributed by atoms with Gasteiger partial charge in [-0.2, -0.15) is 0 Å². The van der Waals surface area contributed by atoms with Crippen LogP contribution in [-0.2, 0) is 12.8 Å². The fraction of sp³-hybridized carbons (Fsp3) is 0.444. The lowest BCUT2D eigenvalue weighted by Crippen LogP contribution is -2.18. The Morgan fingerprint density at radius 1 is 1.21 bits per heavy atom. The maximum absolute atomic E-state index is 12.2. The quantitative estimate of drug-likeness (QED) is 0.750. The molecule has 0 aliphatic heterocycles.